The lowest BCUT2D eigenvalue weighted by Gasteiger charge is -2.10. The lowest BCUT2D eigenvalue weighted by atomic mass is 10.2. The molecule has 1 fully saturated rings. The zero-order chi connectivity index (χ0) is 13.7. The molecule has 8 nitrogen and oxygen atoms in total. The minimum atomic E-state index is -1.18. The molecule has 0 radical (unpaired) electrons. The number of carboxylic acid groups (broad SMARTS) is 1. The molecule has 2 aliphatic rings. The summed E-state index contributed by atoms with van der Waals surface area (Å²) < 4.78 is 0. The van der Waals surface area contributed by atoms with Crippen molar-refractivity contribution >= 4 is 17.8 Å². The number of hydrogen-bond acceptors (Lipinski definition) is 5. The molecule has 3 rings (SSSR count). The number of rotatable bonds is 3. The van der Waals surface area contributed by atoms with Crippen LogP contribution in [0.15, 0.2) is 4.79 Å². The van der Waals surface area contributed by atoms with Crippen molar-refractivity contribution < 1.29 is 19.5 Å². The molecule has 0 saturated heterocycles. The highest BCUT2D eigenvalue weighted by molar-refractivity contribution is 6.20. The van der Waals surface area contributed by atoms with Gasteiger partial charge in [-0.15, -0.1) is 0 Å². The molecule has 98 valence electrons. The number of amides is 2. The monoisotopic (exact) mass is 263 g/mol. The summed E-state index contributed by atoms with van der Waals surface area (Å²) in [7, 11) is 0. The quantitative estimate of drug-likeness (QED) is 0.685. The fraction of sp³-hybridized carbons (Fsp3) is 0.364. The van der Waals surface area contributed by atoms with Gasteiger partial charge in [0.05, 0.1) is 0 Å². The molecular weight excluding hydrogens is 254 g/mol. The Bertz CT molecular complexity index is 673. The van der Waals surface area contributed by atoms with E-state index in [0.717, 1.165) is 17.7 Å². The summed E-state index contributed by atoms with van der Waals surface area (Å²) in [6.07, 6.45) is 0.949. The molecule has 8 heteroatoms. The van der Waals surface area contributed by atoms with Crippen LogP contribution in [0.25, 0.3) is 0 Å². The SMILES string of the molecule is O=C(O)Cc1nc2c(c(=O)[nH]1)C(=O)N(C1CC1)C2=O. The van der Waals surface area contributed by atoms with Crippen LogP contribution in [0.5, 0.6) is 0 Å². The average molecular weight is 263 g/mol. The van der Waals surface area contributed by atoms with Crippen LogP contribution in [-0.4, -0.2) is 43.8 Å². The maximum absolute atomic E-state index is 12.0. The third kappa shape index (κ3) is 1.72. The van der Waals surface area contributed by atoms with Gasteiger partial charge >= 0.3 is 5.97 Å². The van der Waals surface area contributed by atoms with E-state index in [9.17, 15) is 19.2 Å². The average Bonchev–Trinajstić information content (AvgIpc) is 3.08. The topological polar surface area (TPSA) is 120 Å². The van der Waals surface area contributed by atoms with Gasteiger partial charge in [-0.25, -0.2) is 4.98 Å². The molecule has 1 aromatic heterocycles. The van der Waals surface area contributed by atoms with Gasteiger partial charge in [0.1, 0.15) is 23.5 Å². The Morgan fingerprint density at radius 3 is 2.58 bits per heavy atom. The van der Waals surface area contributed by atoms with Crippen LogP contribution in [0.4, 0.5) is 0 Å². The van der Waals surface area contributed by atoms with Crippen molar-refractivity contribution in [1.29, 1.82) is 0 Å². The predicted molar refractivity (Wildman–Crippen MR) is 59.7 cm³/mol. The maximum Gasteiger partial charge on any atom is 0.311 e. The van der Waals surface area contributed by atoms with Crippen molar-refractivity contribution in [3.05, 3.63) is 27.4 Å². The number of imide groups is 1. The largest absolute Gasteiger partial charge is 0.481 e. The van der Waals surface area contributed by atoms with E-state index in [1.54, 1.807) is 0 Å². The molecule has 1 saturated carbocycles. The zero-order valence-electron chi connectivity index (χ0n) is 9.67. The minimum absolute atomic E-state index is 0.130. The number of carbonyl (C=O) groups is 3. The zero-order valence-corrected chi connectivity index (χ0v) is 9.67. The second-order valence-corrected chi connectivity index (χ2v) is 4.52. The van der Waals surface area contributed by atoms with E-state index in [1.807, 2.05) is 0 Å². The molecule has 2 heterocycles. The van der Waals surface area contributed by atoms with Gasteiger partial charge in [0.2, 0.25) is 0 Å². The fourth-order valence-corrected chi connectivity index (χ4v) is 2.09. The molecule has 0 unspecified atom stereocenters. The van der Waals surface area contributed by atoms with Gasteiger partial charge in [0.15, 0.2) is 0 Å². The van der Waals surface area contributed by atoms with E-state index in [4.69, 9.17) is 5.11 Å². The van der Waals surface area contributed by atoms with Crippen molar-refractivity contribution in [2.75, 3.05) is 0 Å². The molecule has 1 aliphatic carbocycles. The van der Waals surface area contributed by atoms with E-state index in [-0.39, 0.29) is 23.1 Å². The Hall–Kier alpha value is -2.51. The molecule has 1 aliphatic heterocycles. The number of aromatic nitrogens is 2. The fourth-order valence-electron chi connectivity index (χ4n) is 2.09. The van der Waals surface area contributed by atoms with E-state index in [0.29, 0.717) is 0 Å². The smallest absolute Gasteiger partial charge is 0.311 e. The first kappa shape index (κ1) is 11.6. The third-order valence-electron chi connectivity index (χ3n) is 3.05. The molecular formula is C11H9N3O5. The lowest BCUT2D eigenvalue weighted by Crippen LogP contribution is -2.32. The van der Waals surface area contributed by atoms with Crippen LogP contribution in [0.1, 0.15) is 39.5 Å². The minimum Gasteiger partial charge on any atom is -0.481 e. The van der Waals surface area contributed by atoms with E-state index < -0.39 is 29.8 Å². The van der Waals surface area contributed by atoms with Gasteiger partial charge in [-0.1, -0.05) is 0 Å². The number of carboxylic acids is 1. The van der Waals surface area contributed by atoms with Crippen molar-refractivity contribution in [2.24, 2.45) is 0 Å². The van der Waals surface area contributed by atoms with E-state index in [1.165, 1.54) is 0 Å². The van der Waals surface area contributed by atoms with Gasteiger partial charge in [0.25, 0.3) is 17.4 Å². The summed E-state index contributed by atoms with van der Waals surface area (Å²) in [5.74, 6) is -2.56. The van der Waals surface area contributed by atoms with Crippen molar-refractivity contribution in [2.45, 2.75) is 25.3 Å². The summed E-state index contributed by atoms with van der Waals surface area (Å²) in [4.78, 5) is 53.4. The van der Waals surface area contributed by atoms with Crippen LogP contribution < -0.4 is 5.56 Å². The maximum atomic E-state index is 12.0. The number of H-pyrrole nitrogens is 1. The summed E-state index contributed by atoms with van der Waals surface area (Å²) in [6, 6.07) is -0.156. The number of nitrogens with zero attached hydrogens (tertiary/aromatic N) is 2. The number of aliphatic carboxylic acids is 1. The first-order valence-corrected chi connectivity index (χ1v) is 5.72. The van der Waals surface area contributed by atoms with Gasteiger partial charge < -0.3 is 10.1 Å². The molecule has 0 spiro atoms. The van der Waals surface area contributed by atoms with Crippen molar-refractivity contribution in [3.63, 3.8) is 0 Å². The van der Waals surface area contributed by atoms with Crippen LogP contribution in [0.2, 0.25) is 0 Å². The van der Waals surface area contributed by atoms with Gasteiger partial charge in [-0.05, 0) is 12.8 Å². The van der Waals surface area contributed by atoms with Crippen molar-refractivity contribution in [1.82, 2.24) is 14.9 Å². The lowest BCUT2D eigenvalue weighted by molar-refractivity contribution is -0.136. The standard InChI is InChI=1S/C11H9N3O5/c15-6(16)3-5-12-8-7(9(17)13-5)10(18)14(11(8)19)4-1-2-4/h4H,1-3H2,(H,15,16)(H,12,13,17). The Morgan fingerprint density at radius 2 is 2.00 bits per heavy atom. The highest BCUT2D eigenvalue weighted by Gasteiger charge is 2.47. The molecule has 0 aromatic carbocycles. The highest BCUT2D eigenvalue weighted by atomic mass is 16.4. The Labute approximate surface area is 106 Å². The second-order valence-electron chi connectivity index (χ2n) is 4.52. The second kappa shape index (κ2) is 3.74. The number of nitrogens with one attached hydrogen (secondary N) is 1. The highest BCUT2D eigenvalue weighted by Crippen LogP contribution is 2.32. The molecule has 19 heavy (non-hydrogen) atoms. The molecule has 1 aromatic rings. The number of carbonyl (C=O) groups excluding carboxylic acids is 2. The summed E-state index contributed by atoms with van der Waals surface area (Å²) in [6.45, 7) is 0. The molecule has 0 bridgehead atoms. The van der Waals surface area contributed by atoms with Gasteiger partial charge in [-0.2, -0.15) is 0 Å². The normalized spacial score (nSPS) is 17.8. The molecule has 2 N–H and O–H groups in total. The molecule has 0 atom stereocenters. The summed E-state index contributed by atoms with van der Waals surface area (Å²) >= 11 is 0. The van der Waals surface area contributed by atoms with Crippen LogP contribution in [0.3, 0.4) is 0 Å². The third-order valence-corrected chi connectivity index (χ3v) is 3.05. The van der Waals surface area contributed by atoms with E-state index in [2.05, 4.69) is 9.97 Å². The summed E-state index contributed by atoms with van der Waals surface area (Å²) in [5, 5.41) is 8.65. The Balaban J connectivity index is 2.09. The number of hydrogen-bond donors (Lipinski definition) is 2. The van der Waals surface area contributed by atoms with Crippen LogP contribution in [-0.2, 0) is 11.2 Å². The number of fused-ring (bicyclic) bond motifs is 1. The first-order valence-electron chi connectivity index (χ1n) is 5.72. The van der Waals surface area contributed by atoms with Crippen LogP contribution in [0, 0.1) is 0 Å². The predicted octanol–water partition coefficient (Wildman–Crippen LogP) is -0.845. The van der Waals surface area contributed by atoms with Gasteiger partial charge in [-0.3, -0.25) is 24.1 Å². The summed E-state index contributed by atoms with van der Waals surface area (Å²) in [5.41, 5.74) is -1.29. The Kier molecular flexibility index (Phi) is 2.28. The molecule has 2 amide bonds. The van der Waals surface area contributed by atoms with Crippen molar-refractivity contribution in [3.8, 4) is 0 Å². The number of aromatic amines is 1. The first-order chi connectivity index (χ1) is 8.99. The van der Waals surface area contributed by atoms with Gasteiger partial charge in [0, 0.05) is 6.04 Å². The Morgan fingerprint density at radius 1 is 1.32 bits per heavy atom. The van der Waals surface area contributed by atoms with Crippen LogP contribution >= 0.6 is 0 Å². The van der Waals surface area contributed by atoms with E-state index >= 15 is 0 Å².